The van der Waals surface area contributed by atoms with Gasteiger partial charge >= 0.3 is 75.5 Å². The second-order valence-electron chi connectivity index (χ2n) is 0. The molecule has 8 heteroatoms. The Bertz CT molecular complexity index is 16.0. The molecule has 0 spiro atoms. The Morgan fingerprint density at radius 3 is 0.500 bits per heavy atom. The normalized spacial score (nSPS) is 0. The third-order valence-electron chi connectivity index (χ3n) is 0. The SMILES string of the molecule is Cl.Cl.O.O.[CaH2].[CaH2].[Zn].[Zn]. The van der Waals surface area contributed by atoms with Crippen LogP contribution in [0.1, 0.15) is 0 Å². The Labute approximate surface area is 147 Å². The largest absolute Gasteiger partial charge is 0 e. The minimum atomic E-state index is 0. The molecular formula is H10Ca2Cl2O2Zn2. The maximum atomic E-state index is 0. The maximum absolute atomic E-state index is 0. The van der Waals surface area contributed by atoms with Crippen LogP contribution in [-0.4, -0.2) is 86.4 Å². The summed E-state index contributed by atoms with van der Waals surface area (Å²) in [6.07, 6.45) is 0. The molecule has 0 aliphatic heterocycles. The van der Waals surface area contributed by atoms with Gasteiger partial charge in [0.05, 0.1) is 0 Å². The molecule has 0 unspecified atom stereocenters. The van der Waals surface area contributed by atoms with Gasteiger partial charge in [0, 0.05) is 39.0 Å². The quantitative estimate of drug-likeness (QED) is 0.438. The van der Waals surface area contributed by atoms with Crippen molar-refractivity contribution in [1.29, 1.82) is 0 Å². The zero-order valence-electron chi connectivity index (χ0n) is 3.23. The predicted octanol–water partition coefficient (Wildman–Crippen LogP) is -2.64. The number of rotatable bonds is 0. The summed E-state index contributed by atoms with van der Waals surface area (Å²) in [4.78, 5) is 0. The van der Waals surface area contributed by atoms with Gasteiger partial charge in [-0.1, -0.05) is 0 Å². The third kappa shape index (κ3) is 48.4. The van der Waals surface area contributed by atoms with E-state index < -0.39 is 0 Å². The first-order chi connectivity index (χ1) is 0. The van der Waals surface area contributed by atoms with Crippen molar-refractivity contribution in [2.45, 2.75) is 0 Å². The van der Waals surface area contributed by atoms with Crippen molar-refractivity contribution in [2.75, 3.05) is 0 Å². The first-order valence-corrected chi connectivity index (χ1v) is 0. The van der Waals surface area contributed by atoms with Gasteiger partial charge in [-0.3, -0.25) is 0 Å². The summed E-state index contributed by atoms with van der Waals surface area (Å²) >= 11 is 0. The average molecular weight is 324 g/mol. The Morgan fingerprint density at radius 2 is 0.500 bits per heavy atom. The van der Waals surface area contributed by atoms with Gasteiger partial charge in [0.2, 0.25) is 0 Å². The van der Waals surface area contributed by atoms with E-state index in [4.69, 9.17) is 0 Å². The van der Waals surface area contributed by atoms with E-state index in [-0.39, 0.29) is 150 Å². The predicted molar refractivity (Wildman–Crippen MR) is 38.8 cm³/mol. The molecule has 0 aromatic heterocycles. The van der Waals surface area contributed by atoms with E-state index >= 15 is 0 Å². The first-order valence-electron chi connectivity index (χ1n) is 0. The van der Waals surface area contributed by atoms with Gasteiger partial charge in [-0.25, -0.2) is 0 Å². The molecular weight excluding hydrogens is 314 g/mol. The van der Waals surface area contributed by atoms with E-state index in [1.54, 1.807) is 0 Å². The van der Waals surface area contributed by atoms with Gasteiger partial charge in [-0.2, -0.15) is 0 Å². The van der Waals surface area contributed by atoms with Gasteiger partial charge in [0.15, 0.2) is 0 Å². The molecule has 0 atom stereocenters. The van der Waals surface area contributed by atoms with Crippen LogP contribution in [0.15, 0.2) is 0 Å². The Balaban J connectivity index is 0. The molecule has 2 nitrogen and oxygen atoms in total. The molecule has 0 rings (SSSR count). The fourth-order valence-electron chi connectivity index (χ4n) is 0. The van der Waals surface area contributed by atoms with Crippen molar-refractivity contribution in [1.82, 2.24) is 0 Å². The van der Waals surface area contributed by atoms with Crippen molar-refractivity contribution in [2.24, 2.45) is 0 Å². The van der Waals surface area contributed by atoms with Crippen molar-refractivity contribution in [3.63, 3.8) is 0 Å². The smallest absolute Gasteiger partial charge is 0 e. The summed E-state index contributed by atoms with van der Waals surface area (Å²) in [5, 5.41) is 0. The zero-order valence-corrected chi connectivity index (χ0v) is 10.8. The molecule has 0 saturated heterocycles. The van der Waals surface area contributed by atoms with Gasteiger partial charge < -0.3 is 11.0 Å². The van der Waals surface area contributed by atoms with Crippen LogP contribution in [0.2, 0.25) is 0 Å². The number of hydrogen-bond donors (Lipinski definition) is 0. The topological polar surface area (TPSA) is 63.0 Å². The first kappa shape index (κ1) is 85.5. The number of hydrogen-bond acceptors (Lipinski definition) is 0. The molecule has 4 N–H and O–H groups in total. The maximum Gasteiger partial charge on any atom is 0 e. The van der Waals surface area contributed by atoms with Crippen LogP contribution in [0, 0.1) is 0 Å². The van der Waals surface area contributed by atoms with Crippen LogP contribution >= 0.6 is 24.8 Å². The molecule has 0 saturated carbocycles. The van der Waals surface area contributed by atoms with E-state index in [1.165, 1.54) is 0 Å². The fraction of sp³-hybridized carbons (Fsp3) is 0. The van der Waals surface area contributed by atoms with E-state index in [1.807, 2.05) is 0 Å². The molecule has 0 radical (unpaired) electrons. The molecule has 0 aromatic rings. The van der Waals surface area contributed by atoms with Crippen LogP contribution in [-0.2, 0) is 39.0 Å². The second-order valence-corrected chi connectivity index (χ2v) is 0. The summed E-state index contributed by atoms with van der Waals surface area (Å²) < 4.78 is 0. The molecule has 0 aliphatic carbocycles. The van der Waals surface area contributed by atoms with E-state index in [9.17, 15) is 0 Å². The van der Waals surface area contributed by atoms with Crippen LogP contribution < -0.4 is 0 Å². The van der Waals surface area contributed by atoms with Crippen molar-refractivity contribution < 1.29 is 49.9 Å². The molecule has 8 heavy (non-hydrogen) atoms. The van der Waals surface area contributed by atoms with Gasteiger partial charge in [-0.15, -0.1) is 24.8 Å². The molecule has 44 valence electrons. The monoisotopic (exact) mass is 320 g/mol. The molecule has 0 heterocycles. The van der Waals surface area contributed by atoms with Crippen LogP contribution in [0.3, 0.4) is 0 Å². The third-order valence-corrected chi connectivity index (χ3v) is 0. The molecule has 0 bridgehead atoms. The Kier molecular flexibility index (Phi) is 698. The molecule has 0 fully saturated rings. The Morgan fingerprint density at radius 1 is 0.500 bits per heavy atom. The summed E-state index contributed by atoms with van der Waals surface area (Å²) in [5.41, 5.74) is 0. The molecule has 0 aromatic carbocycles. The van der Waals surface area contributed by atoms with Crippen molar-refractivity contribution in [3.05, 3.63) is 0 Å². The zero-order chi connectivity index (χ0) is 0. The van der Waals surface area contributed by atoms with Crippen molar-refractivity contribution in [3.8, 4) is 0 Å². The molecule has 0 aliphatic rings. The van der Waals surface area contributed by atoms with Crippen LogP contribution in [0.25, 0.3) is 0 Å². The van der Waals surface area contributed by atoms with Crippen molar-refractivity contribution >= 4 is 100 Å². The molecule has 0 amide bonds. The minimum Gasteiger partial charge on any atom is 0 e. The second kappa shape index (κ2) is 65.2. The summed E-state index contributed by atoms with van der Waals surface area (Å²) in [7, 11) is 0. The fourth-order valence-corrected chi connectivity index (χ4v) is 0. The van der Waals surface area contributed by atoms with E-state index in [0.717, 1.165) is 0 Å². The minimum absolute atomic E-state index is 0. The van der Waals surface area contributed by atoms with Crippen LogP contribution in [0.4, 0.5) is 0 Å². The summed E-state index contributed by atoms with van der Waals surface area (Å²) in [5.74, 6) is 0. The summed E-state index contributed by atoms with van der Waals surface area (Å²) in [6, 6.07) is 0. The van der Waals surface area contributed by atoms with Gasteiger partial charge in [0.25, 0.3) is 0 Å². The Hall–Kier alpha value is 4.27. The van der Waals surface area contributed by atoms with Gasteiger partial charge in [-0.05, 0) is 0 Å². The standard InChI is InChI=1S/2Ca.2ClH.2H2O.2Zn.4H/h;;2*1H;2*1H2;;;;;;. The average Bonchev–Trinajstić information content (AvgIpc) is 0. The number of halogens is 2. The van der Waals surface area contributed by atoms with E-state index in [0.29, 0.717) is 0 Å². The van der Waals surface area contributed by atoms with E-state index in [2.05, 4.69) is 0 Å². The van der Waals surface area contributed by atoms with Crippen LogP contribution in [0.5, 0.6) is 0 Å². The van der Waals surface area contributed by atoms with Gasteiger partial charge in [0.1, 0.15) is 0 Å². The summed E-state index contributed by atoms with van der Waals surface area (Å²) in [6.45, 7) is 0.